The van der Waals surface area contributed by atoms with Gasteiger partial charge in [-0.15, -0.1) is 0 Å². The molecule has 1 N–H and O–H groups in total. The van der Waals surface area contributed by atoms with Gasteiger partial charge >= 0.3 is 0 Å². The van der Waals surface area contributed by atoms with Gasteiger partial charge < -0.3 is 5.32 Å². The minimum absolute atomic E-state index is 0.357. The van der Waals surface area contributed by atoms with E-state index in [2.05, 4.69) is 21.3 Å². The molecule has 19 heavy (non-hydrogen) atoms. The molecule has 3 nitrogen and oxygen atoms in total. The van der Waals surface area contributed by atoms with Gasteiger partial charge in [0.05, 0.1) is 0 Å². The SMILES string of the molecule is Clc1ncccc1CN1CCNCC12CCCCC2. The van der Waals surface area contributed by atoms with E-state index in [1.54, 1.807) is 6.20 Å². The fourth-order valence-corrected chi connectivity index (χ4v) is 3.76. The molecule has 1 spiro atoms. The number of pyridine rings is 1. The van der Waals surface area contributed by atoms with Crippen LogP contribution in [0.3, 0.4) is 0 Å². The minimum atomic E-state index is 0.357. The summed E-state index contributed by atoms with van der Waals surface area (Å²) in [6.07, 6.45) is 8.51. The van der Waals surface area contributed by atoms with E-state index in [4.69, 9.17) is 11.6 Å². The first kappa shape index (κ1) is 13.3. The maximum Gasteiger partial charge on any atom is 0.133 e. The van der Waals surface area contributed by atoms with Crippen molar-refractivity contribution in [2.45, 2.75) is 44.2 Å². The predicted octanol–water partition coefficient (Wildman–Crippen LogP) is 2.84. The van der Waals surface area contributed by atoms with Gasteiger partial charge in [-0.1, -0.05) is 36.9 Å². The summed E-state index contributed by atoms with van der Waals surface area (Å²) in [5, 5.41) is 4.24. The van der Waals surface area contributed by atoms with Crippen molar-refractivity contribution in [1.29, 1.82) is 0 Å². The van der Waals surface area contributed by atoms with E-state index in [1.165, 1.54) is 32.1 Å². The molecule has 4 heteroatoms. The summed E-state index contributed by atoms with van der Waals surface area (Å²) in [6, 6.07) is 4.09. The summed E-state index contributed by atoms with van der Waals surface area (Å²) in [7, 11) is 0. The van der Waals surface area contributed by atoms with Crippen molar-refractivity contribution in [3.63, 3.8) is 0 Å². The molecule has 2 aliphatic rings. The van der Waals surface area contributed by atoms with Crippen LogP contribution in [0.5, 0.6) is 0 Å². The molecule has 1 aliphatic carbocycles. The van der Waals surface area contributed by atoms with Crippen LogP contribution in [0.15, 0.2) is 18.3 Å². The molecular weight excluding hydrogens is 258 g/mol. The molecule has 1 aliphatic heterocycles. The monoisotopic (exact) mass is 279 g/mol. The summed E-state index contributed by atoms with van der Waals surface area (Å²) in [5.74, 6) is 0. The molecule has 0 bridgehead atoms. The largest absolute Gasteiger partial charge is 0.314 e. The van der Waals surface area contributed by atoms with E-state index in [0.29, 0.717) is 10.7 Å². The number of piperazine rings is 1. The molecule has 1 saturated heterocycles. The lowest BCUT2D eigenvalue weighted by Crippen LogP contribution is -2.61. The van der Waals surface area contributed by atoms with Crippen molar-refractivity contribution in [2.24, 2.45) is 0 Å². The summed E-state index contributed by atoms with van der Waals surface area (Å²) in [4.78, 5) is 6.85. The highest BCUT2D eigenvalue weighted by Gasteiger charge is 2.39. The molecule has 2 heterocycles. The Bertz CT molecular complexity index is 421. The molecule has 1 aromatic heterocycles. The van der Waals surface area contributed by atoms with Gasteiger partial charge in [-0.3, -0.25) is 4.90 Å². The van der Waals surface area contributed by atoms with Crippen LogP contribution in [0.4, 0.5) is 0 Å². The molecule has 2 fully saturated rings. The number of nitrogens with one attached hydrogen (secondary N) is 1. The number of nitrogens with zero attached hydrogens (tertiary/aromatic N) is 2. The average molecular weight is 280 g/mol. The van der Waals surface area contributed by atoms with Crippen molar-refractivity contribution in [3.05, 3.63) is 29.0 Å². The molecule has 3 rings (SSSR count). The van der Waals surface area contributed by atoms with Crippen LogP contribution in [0.25, 0.3) is 0 Å². The van der Waals surface area contributed by atoms with Crippen LogP contribution in [-0.4, -0.2) is 35.1 Å². The minimum Gasteiger partial charge on any atom is -0.314 e. The van der Waals surface area contributed by atoms with Crippen molar-refractivity contribution in [2.75, 3.05) is 19.6 Å². The van der Waals surface area contributed by atoms with E-state index in [-0.39, 0.29) is 0 Å². The van der Waals surface area contributed by atoms with Crippen molar-refractivity contribution >= 4 is 11.6 Å². The van der Waals surface area contributed by atoms with E-state index in [9.17, 15) is 0 Å². The van der Waals surface area contributed by atoms with Gasteiger partial charge in [0.2, 0.25) is 0 Å². The third kappa shape index (κ3) is 2.78. The van der Waals surface area contributed by atoms with E-state index in [1.807, 2.05) is 6.07 Å². The number of aromatic nitrogens is 1. The zero-order chi connectivity index (χ0) is 13.1. The van der Waals surface area contributed by atoms with Crippen LogP contribution in [-0.2, 0) is 6.54 Å². The Balaban J connectivity index is 1.79. The third-order valence-electron chi connectivity index (χ3n) is 4.67. The topological polar surface area (TPSA) is 28.2 Å². The second kappa shape index (κ2) is 5.78. The van der Waals surface area contributed by atoms with Gasteiger partial charge in [0, 0.05) is 43.5 Å². The Kier molecular flexibility index (Phi) is 4.06. The molecule has 0 radical (unpaired) electrons. The van der Waals surface area contributed by atoms with Crippen LogP contribution in [0.2, 0.25) is 5.15 Å². The zero-order valence-electron chi connectivity index (χ0n) is 11.4. The van der Waals surface area contributed by atoms with Crippen molar-refractivity contribution in [1.82, 2.24) is 15.2 Å². The van der Waals surface area contributed by atoms with Gasteiger partial charge in [0.25, 0.3) is 0 Å². The van der Waals surface area contributed by atoms with Crippen molar-refractivity contribution < 1.29 is 0 Å². The highest BCUT2D eigenvalue weighted by atomic mass is 35.5. The molecule has 0 amide bonds. The van der Waals surface area contributed by atoms with E-state index in [0.717, 1.165) is 31.7 Å². The summed E-state index contributed by atoms with van der Waals surface area (Å²) in [5.41, 5.74) is 1.52. The van der Waals surface area contributed by atoms with Crippen LogP contribution < -0.4 is 5.32 Å². The van der Waals surface area contributed by atoms with Gasteiger partial charge in [0.15, 0.2) is 0 Å². The smallest absolute Gasteiger partial charge is 0.133 e. The van der Waals surface area contributed by atoms with Crippen LogP contribution >= 0.6 is 11.6 Å². The predicted molar refractivity (Wildman–Crippen MR) is 78.3 cm³/mol. The molecule has 0 aromatic carbocycles. The standard InChI is InChI=1S/C15H22ClN3/c16-14-13(5-4-8-18-14)11-19-10-9-17-12-15(19)6-2-1-3-7-15/h4-5,8,17H,1-3,6-7,9-12H2. The Hall–Kier alpha value is -0.640. The van der Waals surface area contributed by atoms with Gasteiger partial charge in [-0.05, 0) is 18.9 Å². The Labute approximate surface area is 120 Å². The lowest BCUT2D eigenvalue weighted by molar-refractivity contribution is 0.0208. The fourth-order valence-electron chi connectivity index (χ4n) is 3.58. The molecule has 104 valence electrons. The first-order chi connectivity index (χ1) is 9.30. The summed E-state index contributed by atoms with van der Waals surface area (Å²) < 4.78 is 0. The maximum atomic E-state index is 6.22. The van der Waals surface area contributed by atoms with E-state index >= 15 is 0 Å². The first-order valence-electron chi connectivity index (χ1n) is 7.35. The number of halogens is 1. The highest BCUT2D eigenvalue weighted by Crippen LogP contribution is 2.35. The highest BCUT2D eigenvalue weighted by molar-refractivity contribution is 6.30. The summed E-state index contributed by atoms with van der Waals surface area (Å²) >= 11 is 6.22. The normalized spacial score (nSPS) is 23.6. The average Bonchev–Trinajstić information content (AvgIpc) is 2.45. The van der Waals surface area contributed by atoms with Crippen LogP contribution in [0.1, 0.15) is 37.7 Å². The molecule has 0 atom stereocenters. The summed E-state index contributed by atoms with van der Waals surface area (Å²) in [6.45, 7) is 4.27. The second-order valence-electron chi connectivity index (χ2n) is 5.84. The molecule has 0 unspecified atom stereocenters. The van der Waals surface area contributed by atoms with Gasteiger partial charge in [-0.2, -0.15) is 0 Å². The van der Waals surface area contributed by atoms with Crippen LogP contribution in [0, 0.1) is 0 Å². The lowest BCUT2D eigenvalue weighted by Gasteiger charge is -2.50. The first-order valence-corrected chi connectivity index (χ1v) is 7.73. The molecular formula is C15H22ClN3. The maximum absolute atomic E-state index is 6.22. The Morgan fingerprint density at radius 3 is 2.95 bits per heavy atom. The fraction of sp³-hybridized carbons (Fsp3) is 0.667. The number of rotatable bonds is 2. The van der Waals surface area contributed by atoms with Gasteiger partial charge in [-0.25, -0.2) is 4.98 Å². The molecule has 1 aromatic rings. The third-order valence-corrected chi connectivity index (χ3v) is 5.01. The van der Waals surface area contributed by atoms with Gasteiger partial charge in [0.1, 0.15) is 5.15 Å². The Morgan fingerprint density at radius 1 is 1.32 bits per heavy atom. The lowest BCUT2D eigenvalue weighted by atomic mass is 9.79. The quantitative estimate of drug-likeness (QED) is 0.844. The van der Waals surface area contributed by atoms with E-state index < -0.39 is 0 Å². The molecule has 1 saturated carbocycles. The zero-order valence-corrected chi connectivity index (χ0v) is 12.1. The number of hydrogen-bond donors (Lipinski definition) is 1. The number of hydrogen-bond acceptors (Lipinski definition) is 3. The second-order valence-corrected chi connectivity index (χ2v) is 6.19. The van der Waals surface area contributed by atoms with Crippen molar-refractivity contribution in [3.8, 4) is 0 Å². The Morgan fingerprint density at radius 2 is 2.16 bits per heavy atom.